The molecule has 0 N–H and O–H groups in total. The lowest BCUT2D eigenvalue weighted by molar-refractivity contribution is 0.893. The van der Waals surface area contributed by atoms with E-state index in [0.717, 1.165) is 5.36 Å². The molecule has 0 aliphatic carbocycles. The fourth-order valence-electron chi connectivity index (χ4n) is 2.26. The van der Waals surface area contributed by atoms with E-state index in [1.165, 1.54) is 15.8 Å². The van der Waals surface area contributed by atoms with Crippen LogP contribution in [0.15, 0.2) is 58.4 Å². The standard InChI is InChI=1S/C14H10N2S/c1-2-6-11-10(5-1)9-16-12-7-3-4-8-13(12)17-14(16)15-11/h1-9,14H. The summed E-state index contributed by atoms with van der Waals surface area (Å²) in [5, 5.41) is 2.29. The topological polar surface area (TPSA) is 15.6 Å². The molecule has 0 amide bonds. The van der Waals surface area contributed by atoms with E-state index in [1.807, 2.05) is 17.8 Å². The molecule has 2 aliphatic rings. The Kier molecular flexibility index (Phi) is 1.85. The third-order valence-corrected chi connectivity index (χ3v) is 4.22. The monoisotopic (exact) mass is 238 g/mol. The molecule has 2 heterocycles. The first-order valence-corrected chi connectivity index (χ1v) is 6.48. The first kappa shape index (κ1) is 9.31. The molecular weight excluding hydrogens is 228 g/mol. The number of hydrogen-bond donors (Lipinski definition) is 0. The van der Waals surface area contributed by atoms with Gasteiger partial charge in [0, 0.05) is 16.3 Å². The quantitative estimate of drug-likeness (QED) is 0.697. The van der Waals surface area contributed by atoms with Gasteiger partial charge in [-0.1, -0.05) is 42.1 Å². The lowest BCUT2D eigenvalue weighted by Gasteiger charge is -2.21. The molecule has 0 saturated carbocycles. The van der Waals surface area contributed by atoms with Crippen molar-refractivity contribution in [2.45, 2.75) is 10.4 Å². The molecule has 2 nitrogen and oxygen atoms in total. The van der Waals surface area contributed by atoms with Crippen molar-refractivity contribution in [3.63, 3.8) is 0 Å². The zero-order chi connectivity index (χ0) is 11.2. The molecule has 0 radical (unpaired) electrons. The summed E-state index contributed by atoms with van der Waals surface area (Å²) in [4.78, 5) is 8.34. The fraction of sp³-hybridized carbons (Fsp3) is 0.0714. The highest BCUT2D eigenvalue weighted by Gasteiger charge is 2.29. The molecule has 0 bridgehead atoms. The number of thioether (sulfide) groups is 1. The number of rotatable bonds is 0. The molecule has 1 atom stereocenters. The van der Waals surface area contributed by atoms with Gasteiger partial charge in [0.05, 0.1) is 11.0 Å². The largest absolute Gasteiger partial charge is 0.315 e. The van der Waals surface area contributed by atoms with Crippen molar-refractivity contribution < 1.29 is 0 Å². The summed E-state index contributed by atoms with van der Waals surface area (Å²) >= 11 is 1.81. The molecule has 3 heteroatoms. The SMILES string of the molecule is C1=c2ccccc2=NC2Sc3ccccc3N12. The maximum Gasteiger partial charge on any atom is 0.178 e. The molecule has 0 aromatic heterocycles. The maximum atomic E-state index is 4.78. The van der Waals surface area contributed by atoms with Gasteiger partial charge in [0.1, 0.15) is 0 Å². The van der Waals surface area contributed by atoms with Crippen molar-refractivity contribution in [2.75, 3.05) is 4.90 Å². The second kappa shape index (κ2) is 3.37. The molecule has 2 aliphatic heterocycles. The van der Waals surface area contributed by atoms with Crippen molar-refractivity contribution in [3.05, 3.63) is 59.1 Å². The van der Waals surface area contributed by atoms with Crippen LogP contribution in [0, 0.1) is 0 Å². The Morgan fingerprint density at radius 3 is 2.82 bits per heavy atom. The van der Waals surface area contributed by atoms with Crippen molar-refractivity contribution >= 4 is 23.6 Å². The second-order valence-electron chi connectivity index (χ2n) is 4.14. The van der Waals surface area contributed by atoms with Crippen LogP contribution in [-0.2, 0) is 0 Å². The Morgan fingerprint density at radius 1 is 1.00 bits per heavy atom. The second-order valence-corrected chi connectivity index (χ2v) is 5.23. The predicted octanol–water partition coefficient (Wildman–Crippen LogP) is 1.95. The van der Waals surface area contributed by atoms with Gasteiger partial charge in [-0.15, -0.1) is 0 Å². The van der Waals surface area contributed by atoms with Gasteiger partial charge in [0.15, 0.2) is 5.50 Å². The highest BCUT2D eigenvalue weighted by atomic mass is 32.2. The Hall–Kier alpha value is -1.74. The number of fused-ring (bicyclic) bond motifs is 4. The van der Waals surface area contributed by atoms with Crippen LogP contribution in [0.5, 0.6) is 0 Å². The summed E-state index contributed by atoms with van der Waals surface area (Å²) in [5.74, 6) is 0. The normalized spacial score (nSPS) is 19.8. The van der Waals surface area contributed by atoms with Gasteiger partial charge in [-0.05, 0) is 18.2 Å². The summed E-state index contributed by atoms with van der Waals surface area (Å²) < 4.78 is 0. The van der Waals surface area contributed by atoms with E-state index < -0.39 is 0 Å². The molecule has 2 aromatic rings. The van der Waals surface area contributed by atoms with E-state index in [4.69, 9.17) is 4.99 Å². The smallest absolute Gasteiger partial charge is 0.178 e. The minimum absolute atomic E-state index is 0.169. The number of benzene rings is 2. The van der Waals surface area contributed by atoms with Gasteiger partial charge < -0.3 is 4.90 Å². The number of hydrogen-bond acceptors (Lipinski definition) is 3. The van der Waals surface area contributed by atoms with Gasteiger partial charge in [-0.25, -0.2) is 4.99 Å². The number of anilines is 1. The van der Waals surface area contributed by atoms with Gasteiger partial charge in [-0.2, -0.15) is 0 Å². The van der Waals surface area contributed by atoms with E-state index in [1.54, 1.807) is 0 Å². The Morgan fingerprint density at radius 2 is 1.82 bits per heavy atom. The average Bonchev–Trinajstić information content (AvgIpc) is 2.73. The molecule has 2 aromatic carbocycles. The zero-order valence-electron chi connectivity index (χ0n) is 9.08. The minimum atomic E-state index is 0.169. The molecule has 0 saturated heterocycles. The first-order chi connectivity index (χ1) is 8.42. The van der Waals surface area contributed by atoms with E-state index in [-0.39, 0.29) is 5.50 Å². The van der Waals surface area contributed by atoms with Gasteiger partial charge in [0.25, 0.3) is 0 Å². The summed E-state index contributed by atoms with van der Waals surface area (Å²) in [5.41, 5.74) is 1.43. The van der Waals surface area contributed by atoms with Crippen LogP contribution in [-0.4, -0.2) is 5.50 Å². The molecular formula is C14H10N2S. The van der Waals surface area contributed by atoms with Crippen LogP contribution in [0.4, 0.5) is 5.69 Å². The van der Waals surface area contributed by atoms with Crippen LogP contribution in [0.3, 0.4) is 0 Å². The lowest BCUT2D eigenvalue weighted by atomic mass is 10.2. The molecule has 1 unspecified atom stereocenters. The number of para-hydroxylation sites is 2. The molecule has 0 spiro atoms. The highest BCUT2D eigenvalue weighted by Crippen LogP contribution is 2.43. The van der Waals surface area contributed by atoms with Crippen molar-refractivity contribution in [2.24, 2.45) is 4.99 Å². The summed E-state index contributed by atoms with van der Waals surface area (Å²) in [6.07, 6.45) is 2.20. The van der Waals surface area contributed by atoms with Crippen molar-refractivity contribution in [3.8, 4) is 0 Å². The van der Waals surface area contributed by atoms with Crippen LogP contribution < -0.4 is 15.5 Å². The van der Waals surface area contributed by atoms with E-state index in [0.29, 0.717) is 0 Å². The van der Waals surface area contributed by atoms with Gasteiger partial charge in [-0.3, -0.25) is 0 Å². The van der Waals surface area contributed by atoms with Crippen LogP contribution in [0.25, 0.3) is 6.20 Å². The third-order valence-electron chi connectivity index (χ3n) is 3.08. The summed E-state index contributed by atoms with van der Waals surface area (Å²) in [6.45, 7) is 0. The van der Waals surface area contributed by atoms with Gasteiger partial charge in [0.2, 0.25) is 0 Å². The average molecular weight is 238 g/mol. The van der Waals surface area contributed by atoms with Gasteiger partial charge >= 0.3 is 0 Å². The molecule has 82 valence electrons. The summed E-state index contributed by atoms with van der Waals surface area (Å²) in [6, 6.07) is 16.8. The third kappa shape index (κ3) is 1.32. The minimum Gasteiger partial charge on any atom is -0.315 e. The zero-order valence-corrected chi connectivity index (χ0v) is 9.89. The Labute approximate surface area is 103 Å². The van der Waals surface area contributed by atoms with E-state index >= 15 is 0 Å². The van der Waals surface area contributed by atoms with E-state index in [2.05, 4.69) is 53.6 Å². The molecule has 4 rings (SSSR count). The maximum absolute atomic E-state index is 4.78. The lowest BCUT2D eigenvalue weighted by Crippen LogP contribution is -2.38. The van der Waals surface area contributed by atoms with Crippen LogP contribution in [0.2, 0.25) is 0 Å². The predicted molar refractivity (Wildman–Crippen MR) is 70.3 cm³/mol. The highest BCUT2D eigenvalue weighted by molar-refractivity contribution is 8.00. The molecule has 17 heavy (non-hydrogen) atoms. The van der Waals surface area contributed by atoms with Crippen LogP contribution >= 0.6 is 11.8 Å². The Balaban J connectivity index is 1.97. The van der Waals surface area contributed by atoms with Crippen molar-refractivity contribution in [1.29, 1.82) is 0 Å². The molecule has 0 fully saturated rings. The summed E-state index contributed by atoms with van der Waals surface area (Å²) in [7, 11) is 0. The van der Waals surface area contributed by atoms with E-state index in [9.17, 15) is 0 Å². The van der Waals surface area contributed by atoms with Crippen LogP contribution in [0.1, 0.15) is 0 Å². The first-order valence-electron chi connectivity index (χ1n) is 5.61. The fourth-order valence-corrected chi connectivity index (χ4v) is 3.40. The Bertz CT molecular complexity index is 708. The van der Waals surface area contributed by atoms with Crippen molar-refractivity contribution in [1.82, 2.24) is 0 Å². The number of nitrogens with zero attached hydrogens (tertiary/aromatic N) is 2.